The Labute approximate surface area is 440 Å². The lowest BCUT2D eigenvalue weighted by Gasteiger charge is -2.29. The van der Waals surface area contributed by atoms with E-state index in [2.05, 4.69) is 42.2 Å². The third kappa shape index (κ3) is 17.9. The van der Waals surface area contributed by atoms with Crippen LogP contribution in [0.15, 0.2) is 79.0 Å². The Morgan fingerprint density at radius 1 is 0.747 bits per heavy atom. The van der Waals surface area contributed by atoms with E-state index in [0.29, 0.717) is 35.2 Å². The van der Waals surface area contributed by atoms with Crippen LogP contribution in [-0.4, -0.2) is 135 Å². The molecule has 0 radical (unpaired) electrons. The van der Waals surface area contributed by atoms with Gasteiger partial charge < -0.3 is 75.3 Å². The standard InChI is InChI=1S/C50H66N12O11S2/c1-26(2)42-50(73)61-40(48(71)57-36(43(54)66)22-41(64)65)25-75-74-24-39(60-44(67)33(53)19-27-10-14-30(52)15-11-27)49(72)58-37(20-28-12-16-31(63)17-13-28)46(69)59-38(21-29-23-55-34-8-4-3-7-32(29)34)47(70)56-35(45(68)62-42)9-5-6-18-51/h3-4,7-8,10-17,23,26,33,35-40,42,55,63H,5-6,9,18-22,24-25,51-53H2,1-2H3,(H2,54,66)(H,56,70)(H,57,71)(H,58,72)(H,59,69)(H,60,67)(H,61,73)(H,62,68)(H,64,65)/t33-,35+,36+,37+,38-,39+,40+,42+/m1/s1. The number of carbonyl (C=O) groups is 9. The number of aromatic amines is 1. The smallest absolute Gasteiger partial charge is 0.305 e. The molecule has 0 bridgehead atoms. The van der Waals surface area contributed by atoms with Gasteiger partial charge in [0.05, 0.1) is 12.5 Å². The summed E-state index contributed by atoms with van der Waals surface area (Å²) in [5, 5.41) is 38.9. The lowest BCUT2D eigenvalue weighted by molar-refractivity contribution is -0.140. The fourth-order valence-electron chi connectivity index (χ4n) is 7.98. The first-order chi connectivity index (χ1) is 35.7. The molecule has 8 amide bonds. The number of hydrogen-bond acceptors (Lipinski definition) is 15. The molecule has 404 valence electrons. The van der Waals surface area contributed by atoms with Crippen molar-refractivity contribution in [3.8, 4) is 5.75 Å². The normalized spacial score (nSPS) is 21.3. The molecule has 3 aromatic carbocycles. The summed E-state index contributed by atoms with van der Waals surface area (Å²) in [5.41, 5.74) is 26.5. The van der Waals surface area contributed by atoms with Gasteiger partial charge >= 0.3 is 5.97 Å². The lowest BCUT2D eigenvalue weighted by atomic mass is 10.00. The molecule has 75 heavy (non-hydrogen) atoms. The molecule has 1 fully saturated rings. The molecule has 0 unspecified atom stereocenters. The summed E-state index contributed by atoms with van der Waals surface area (Å²) in [4.78, 5) is 127. The summed E-state index contributed by atoms with van der Waals surface area (Å²) in [7, 11) is 1.92. The molecule has 1 aliphatic heterocycles. The maximum atomic E-state index is 14.8. The molecular weight excluding hydrogens is 1010 g/mol. The summed E-state index contributed by atoms with van der Waals surface area (Å²) < 4.78 is 0. The summed E-state index contributed by atoms with van der Waals surface area (Å²) in [6.07, 6.45) is 1.42. The zero-order valence-electron chi connectivity index (χ0n) is 41.5. The van der Waals surface area contributed by atoms with Gasteiger partial charge in [-0.2, -0.15) is 0 Å². The zero-order valence-corrected chi connectivity index (χ0v) is 43.1. The number of primary amides is 1. The molecule has 0 spiro atoms. The Hall–Kier alpha value is -7.35. The first-order valence-corrected chi connectivity index (χ1v) is 26.7. The maximum absolute atomic E-state index is 14.8. The Kier molecular flexibility index (Phi) is 22.1. The number of rotatable bonds is 18. The van der Waals surface area contributed by atoms with Crippen LogP contribution < -0.4 is 60.2 Å². The quantitative estimate of drug-likeness (QED) is 0.0334. The number of para-hydroxylation sites is 1. The van der Waals surface area contributed by atoms with Gasteiger partial charge in [-0.05, 0) is 85.2 Å². The molecule has 0 saturated carbocycles. The highest BCUT2D eigenvalue weighted by atomic mass is 33.1. The minimum absolute atomic E-state index is 0.0439. The number of phenols is 1. The van der Waals surface area contributed by atoms with Crippen LogP contribution in [0.2, 0.25) is 0 Å². The van der Waals surface area contributed by atoms with Crippen LogP contribution in [0.4, 0.5) is 5.69 Å². The van der Waals surface area contributed by atoms with Crippen LogP contribution in [0, 0.1) is 5.92 Å². The number of H-pyrrole nitrogens is 1. The maximum Gasteiger partial charge on any atom is 0.305 e. The van der Waals surface area contributed by atoms with Gasteiger partial charge in [-0.3, -0.25) is 43.2 Å². The minimum atomic E-state index is -1.68. The summed E-state index contributed by atoms with van der Waals surface area (Å²) in [6.45, 7) is 3.52. The van der Waals surface area contributed by atoms with Crippen LogP contribution in [-0.2, 0) is 62.4 Å². The number of nitrogens with one attached hydrogen (secondary N) is 8. The van der Waals surface area contributed by atoms with Gasteiger partial charge in [0, 0.05) is 47.1 Å². The lowest BCUT2D eigenvalue weighted by Crippen LogP contribution is -2.61. The van der Waals surface area contributed by atoms with Gasteiger partial charge in [0.1, 0.15) is 48.0 Å². The monoisotopic (exact) mass is 1070 g/mol. The average molecular weight is 1080 g/mol. The van der Waals surface area contributed by atoms with E-state index in [-0.39, 0.29) is 49.5 Å². The summed E-state index contributed by atoms with van der Waals surface area (Å²) >= 11 is 0. The number of aromatic hydroxyl groups is 1. The Bertz CT molecular complexity index is 2650. The second kappa shape index (κ2) is 28.4. The van der Waals surface area contributed by atoms with E-state index in [0.717, 1.165) is 32.5 Å². The number of benzene rings is 3. The van der Waals surface area contributed by atoms with Crippen molar-refractivity contribution in [2.24, 2.45) is 23.1 Å². The second-order valence-corrected chi connectivity index (χ2v) is 21.0. The molecule has 23 nitrogen and oxygen atoms in total. The van der Waals surface area contributed by atoms with E-state index >= 15 is 0 Å². The first kappa shape index (κ1) is 58.5. The number of fused-ring (bicyclic) bond motifs is 1. The molecule has 2 heterocycles. The van der Waals surface area contributed by atoms with E-state index < -0.39 is 114 Å². The number of aliphatic carboxylic acids is 1. The predicted molar refractivity (Wildman–Crippen MR) is 284 cm³/mol. The van der Waals surface area contributed by atoms with Crippen molar-refractivity contribution in [3.63, 3.8) is 0 Å². The van der Waals surface area contributed by atoms with Crippen molar-refractivity contribution in [1.82, 2.24) is 42.2 Å². The number of amides is 8. The highest BCUT2D eigenvalue weighted by Crippen LogP contribution is 2.25. The van der Waals surface area contributed by atoms with Crippen molar-refractivity contribution in [3.05, 3.63) is 95.7 Å². The zero-order chi connectivity index (χ0) is 54.8. The molecule has 1 saturated heterocycles. The number of nitrogen functional groups attached to an aromatic ring is 1. The highest BCUT2D eigenvalue weighted by molar-refractivity contribution is 8.76. The predicted octanol–water partition coefficient (Wildman–Crippen LogP) is -0.655. The molecule has 1 aliphatic rings. The number of anilines is 1. The van der Waals surface area contributed by atoms with Crippen LogP contribution in [0.3, 0.4) is 0 Å². The largest absolute Gasteiger partial charge is 0.508 e. The topological polar surface area (TPSA) is 398 Å². The first-order valence-electron chi connectivity index (χ1n) is 24.2. The van der Waals surface area contributed by atoms with Crippen molar-refractivity contribution < 1.29 is 53.4 Å². The molecule has 5 rings (SSSR count). The van der Waals surface area contributed by atoms with Crippen LogP contribution in [0.25, 0.3) is 10.9 Å². The fourth-order valence-corrected chi connectivity index (χ4v) is 10.3. The van der Waals surface area contributed by atoms with E-state index in [4.69, 9.17) is 22.9 Å². The van der Waals surface area contributed by atoms with E-state index in [1.54, 1.807) is 50.4 Å². The number of aromatic nitrogens is 1. The Morgan fingerprint density at radius 2 is 1.36 bits per heavy atom. The summed E-state index contributed by atoms with van der Waals surface area (Å²) in [5.74, 6) is -9.72. The van der Waals surface area contributed by atoms with Crippen LogP contribution in [0.5, 0.6) is 5.75 Å². The van der Waals surface area contributed by atoms with Gasteiger partial charge in [-0.15, -0.1) is 0 Å². The third-order valence-electron chi connectivity index (χ3n) is 12.2. The van der Waals surface area contributed by atoms with Crippen molar-refractivity contribution >= 4 is 91.4 Å². The molecular formula is C50H66N12O11S2. The van der Waals surface area contributed by atoms with Gasteiger partial charge in [0.2, 0.25) is 47.3 Å². The summed E-state index contributed by atoms with van der Waals surface area (Å²) in [6, 6.07) is 8.54. The van der Waals surface area contributed by atoms with E-state index in [1.165, 1.54) is 24.3 Å². The average Bonchev–Trinajstić information content (AvgIpc) is 3.77. The number of phenolic OH excluding ortho intramolecular Hbond substituents is 1. The van der Waals surface area contributed by atoms with E-state index in [1.807, 2.05) is 18.2 Å². The van der Waals surface area contributed by atoms with Gasteiger partial charge in [0.25, 0.3) is 0 Å². The second-order valence-electron chi connectivity index (χ2n) is 18.4. The van der Waals surface area contributed by atoms with Gasteiger partial charge in [0.15, 0.2) is 0 Å². The van der Waals surface area contributed by atoms with Crippen LogP contribution in [0.1, 0.15) is 56.2 Å². The minimum Gasteiger partial charge on any atom is -0.508 e. The number of carboxylic acid groups (broad SMARTS) is 1. The third-order valence-corrected chi connectivity index (χ3v) is 14.6. The number of carboxylic acids is 1. The number of hydrogen-bond donors (Lipinski definition) is 14. The number of unbranched alkanes of at least 4 members (excludes halogenated alkanes) is 1. The van der Waals surface area contributed by atoms with Crippen LogP contribution >= 0.6 is 21.6 Å². The van der Waals surface area contributed by atoms with E-state index in [9.17, 15) is 53.4 Å². The molecule has 18 N–H and O–H groups in total. The van der Waals surface area contributed by atoms with Crippen molar-refractivity contribution in [2.75, 3.05) is 23.8 Å². The molecule has 25 heteroatoms. The number of carbonyl (C=O) groups excluding carboxylic acids is 8. The molecule has 4 aromatic rings. The van der Waals surface area contributed by atoms with Gasteiger partial charge in [-0.1, -0.05) is 77.9 Å². The SMILES string of the molecule is CC(C)[C@@H]1NC(=O)[C@H](CCCCN)NC(=O)[C@@H](Cc2c[nH]c3ccccc23)NC(=O)[C@H](Cc2ccc(O)cc2)NC(=O)[C@@H](NC(=O)[C@H](N)Cc2ccc(N)cc2)CSSC[C@@H](C(=O)N[C@@H](CC(=O)O)C(N)=O)NC1=O. The molecule has 0 aliphatic carbocycles. The van der Waals surface area contributed by atoms with Crippen molar-refractivity contribution in [2.45, 2.75) is 107 Å². The fraction of sp³-hybridized carbons (Fsp3) is 0.420. The molecule has 8 atom stereocenters. The van der Waals surface area contributed by atoms with Crippen molar-refractivity contribution in [1.29, 1.82) is 0 Å². The Balaban J connectivity index is 1.58. The highest BCUT2D eigenvalue weighted by Gasteiger charge is 2.36. The molecule has 1 aromatic heterocycles. The number of nitrogens with two attached hydrogens (primary N) is 4. The Morgan fingerprint density at radius 3 is 2.01 bits per heavy atom. The van der Waals surface area contributed by atoms with Gasteiger partial charge in [-0.25, -0.2) is 0 Å².